The van der Waals surface area contributed by atoms with Crippen LogP contribution < -0.4 is 5.32 Å². The van der Waals surface area contributed by atoms with E-state index in [1.165, 1.54) is 24.1 Å². The third kappa shape index (κ3) is 1.95. The quantitative estimate of drug-likeness (QED) is 0.868. The lowest BCUT2D eigenvalue weighted by Crippen LogP contribution is -2.20. The van der Waals surface area contributed by atoms with Gasteiger partial charge in [-0.1, -0.05) is 18.2 Å². The molecule has 5 heteroatoms. The van der Waals surface area contributed by atoms with Crippen molar-refractivity contribution >= 4 is 12.4 Å². The van der Waals surface area contributed by atoms with Crippen LogP contribution in [-0.2, 0) is 12.8 Å². The molecular weight excluding hydrogens is 260 g/mol. The number of rotatable bonds is 1. The molecular formula is C14H17ClN4. The molecule has 0 unspecified atom stereocenters. The van der Waals surface area contributed by atoms with E-state index in [1.807, 2.05) is 0 Å². The fourth-order valence-electron chi connectivity index (χ4n) is 3.07. The van der Waals surface area contributed by atoms with E-state index in [0.29, 0.717) is 6.04 Å². The van der Waals surface area contributed by atoms with Gasteiger partial charge in [-0.05, 0) is 37.4 Å². The van der Waals surface area contributed by atoms with E-state index in [1.54, 1.807) is 0 Å². The molecule has 0 spiro atoms. The Morgan fingerprint density at radius 3 is 2.89 bits per heavy atom. The summed E-state index contributed by atoms with van der Waals surface area (Å²) in [4.78, 5) is 0. The van der Waals surface area contributed by atoms with E-state index >= 15 is 0 Å². The van der Waals surface area contributed by atoms with Crippen LogP contribution in [0.15, 0.2) is 24.3 Å². The third-order valence-corrected chi connectivity index (χ3v) is 3.98. The van der Waals surface area contributed by atoms with Crippen LogP contribution in [0.2, 0.25) is 0 Å². The van der Waals surface area contributed by atoms with Crippen LogP contribution in [0.5, 0.6) is 0 Å². The molecule has 3 heterocycles. The highest BCUT2D eigenvalue weighted by Crippen LogP contribution is 2.29. The minimum Gasteiger partial charge on any atom is -0.307 e. The van der Waals surface area contributed by atoms with E-state index in [4.69, 9.17) is 0 Å². The van der Waals surface area contributed by atoms with Gasteiger partial charge in [0, 0.05) is 6.42 Å². The first-order chi connectivity index (χ1) is 8.93. The van der Waals surface area contributed by atoms with E-state index in [0.717, 1.165) is 31.0 Å². The van der Waals surface area contributed by atoms with Crippen molar-refractivity contribution < 1.29 is 0 Å². The highest BCUT2D eigenvalue weighted by molar-refractivity contribution is 5.85. The van der Waals surface area contributed by atoms with Crippen molar-refractivity contribution in [1.29, 1.82) is 0 Å². The number of aromatic nitrogens is 3. The average Bonchev–Trinajstić information content (AvgIpc) is 3.07. The molecule has 1 aromatic carbocycles. The monoisotopic (exact) mass is 276 g/mol. The summed E-state index contributed by atoms with van der Waals surface area (Å²) in [5, 5.41) is 12.3. The van der Waals surface area contributed by atoms with Gasteiger partial charge in [0.15, 0.2) is 5.82 Å². The van der Waals surface area contributed by atoms with Crippen LogP contribution >= 0.6 is 12.4 Å². The number of para-hydroxylation sites is 1. The van der Waals surface area contributed by atoms with Gasteiger partial charge in [-0.2, -0.15) is 0 Å². The Morgan fingerprint density at radius 2 is 2.05 bits per heavy atom. The molecule has 0 radical (unpaired) electrons. The Hall–Kier alpha value is -1.39. The summed E-state index contributed by atoms with van der Waals surface area (Å²) in [7, 11) is 0. The van der Waals surface area contributed by atoms with E-state index in [-0.39, 0.29) is 12.4 Å². The molecule has 2 aromatic rings. The smallest absolute Gasteiger partial charge is 0.154 e. The van der Waals surface area contributed by atoms with Crippen LogP contribution in [-0.4, -0.2) is 21.3 Å². The number of fused-ring (bicyclic) bond motifs is 3. The van der Waals surface area contributed by atoms with Crippen molar-refractivity contribution in [2.75, 3.05) is 6.54 Å². The van der Waals surface area contributed by atoms with Gasteiger partial charge in [0.25, 0.3) is 0 Å². The van der Waals surface area contributed by atoms with Gasteiger partial charge in [0.05, 0.1) is 11.7 Å². The number of nitrogens with one attached hydrogen (secondary N) is 1. The average molecular weight is 277 g/mol. The Labute approximate surface area is 118 Å². The van der Waals surface area contributed by atoms with Crippen molar-refractivity contribution in [3.05, 3.63) is 41.5 Å². The van der Waals surface area contributed by atoms with Crippen molar-refractivity contribution in [1.82, 2.24) is 20.1 Å². The van der Waals surface area contributed by atoms with Crippen LogP contribution in [0, 0.1) is 0 Å². The molecule has 0 bridgehead atoms. The summed E-state index contributed by atoms with van der Waals surface area (Å²) >= 11 is 0. The Balaban J connectivity index is 0.00000110. The number of hydrogen-bond donors (Lipinski definition) is 1. The zero-order chi connectivity index (χ0) is 11.9. The molecule has 4 rings (SSSR count). The van der Waals surface area contributed by atoms with Gasteiger partial charge in [0.1, 0.15) is 5.82 Å². The molecule has 2 aliphatic rings. The maximum atomic E-state index is 4.43. The molecule has 1 aromatic heterocycles. The summed E-state index contributed by atoms with van der Waals surface area (Å²) in [6, 6.07) is 8.98. The second-order valence-electron chi connectivity index (χ2n) is 5.09. The van der Waals surface area contributed by atoms with E-state index < -0.39 is 0 Å². The maximum absolute atomic E-state index is 4.43. The van der Waals surface area contributed by atoms with Crippen molar-refractivity contribution in [3.8, 4) is 5.69 Å². The zero-order valence-corrected chi connectivity index (χ0v) is 11.5. The normalized spacial score (nSPS) is 20.5. The van der Waals surface area contributed by atoms with Crippen LogP contribution in [0.1, 0.15) is 36.1 Å². The number of benzene rings is 1. The largest absolute Gasteiger partial charge is 0.307 e. The van der Waals surface area contributed by atoms with Crippen molar-refractivity contribution in [3.63, 3.8) is 0 Å². The Morgan fingerprint density at radius 1 is 1.16 bits per heavy atom. The zero-order valence-electron chi connectivity index (χ0n) is 10.7. The van der Waals surface area contributed by atoms with Gasteiger partial charge < -0.3 is 5.32 Å². The summed E-state index contributed by atoms with van der Waals surface area (Å²) in [5.74, 6) is 2.20. The predicted octanol–water partition coefficient (Wildman–Crippen LogP) is 2.21. The van der Waals surface area contributed by atoms with Crippen molar-refractivity contribution in [2.45, 2.75) is 31.7 Å². The number of nitrogens with zero attached hydrogens (tertiary/aromatic N) is 3. The molecule has 4 nitrogen and oxygen atoms in total. The van der Waals surface area contributed by atoms with E-state index in [2.05, 4.69) is 44.3 Å². The fourth-order valence-corrected chi connectivity index (χ4v) is 3.07. The lowest BCUT2D eigenvalue weighted by molar-refractivity contribution is 0.585. The second kappa shape index (κ2) is 4.94. The Kier molecular flexibility index (Phi) is 3.29. The van der Waals surface area contributed by atoms with Crippen LogP contribution in [0.3, 0.4) is 0 Å². The summed E-state index contributed by atoms with van der Waals surface area (Å²) in [6.07, 6.45) is 4.47. The Bertz CT molecular complexity index is 587. The maximum Gasteiger partial charge on any atom is 0.154 e. The molecule has 1 fully saturated rings. The third-order valence-electron chi connectivity index (χ3n) is 3.98. The van der Waals surface area contributed by atoms with Crippen molar-refractivity contribution in [2.24, 2.45) is 0 Å². The summed E-state index contributed by atoms with van der Waals surface area (Å²) in [6.45, 7) is 1.09. The lowest BCUT2D eigenvalue weighted by Gasteiger charge is -2.21. The molecule has 19 heavy (non-hydrogen) atoms. The molecule has 1 N–H and O–H groups in total. The standard InChI is InChI=1S/C14H16N4.ClH/c1-2-6-12-10(4-1)7-8-13-16-17-14(18(12)13)11-5-3-9-15-11;/h1-2,4,6,11,15H,3,5,7-9H2;1H/t11-;/m0./s1. The minimum absolute atomic E-state index is 0. The molecule has 0 amide bonds. The molecule has 2 aliphatic heterocycles. The van der Waals surface area contributed by atoms with Gasteiger partial charge in [-0.25, -0.2) is 0 Å². The molecule has 1 atom stereocenters. The first kappa shape index (κ1) is 12.6. The minimum atomic E-state index is 0. The fraction of sp³-hybridized carbons (Fsp3) is 0.429. The molecule has 1 saturated heterocycles. The topological polar surface area (TPSA) is 42.7 Å². The molecule has 0 aliphatic carbocycles. The van der Waals surface area contributed by atoms with Gasteiger partial charge in [-0.3, -0.25) is 4.57 Å². The van der Waals surface area contributed by atoms with Crippen LogP contribution in [0.4, 0.5) is 0 Å². The SMILES string of the molecule is Cl.c1ccc2c(c1)CCc1nnc([C@@H]3CCCN3)n1-2. The molecule has 0 saturated carbocycles. The highest BCUT2D eigenvalue weighted by atomic mass is 35.5. The first-order valence-electron chi connectivity index (χ1n) is 6.69. The predicted molar refractivity (Wildman–Crippen MR) is 76.0 cm³/mol. The van der Waals surface area contributed by atoms with Gasteiger partial charge >= 0.3 is 0 Å². The number of aryl methyl sites for hydroxylation is 2. The lowest BCUT2D eigenvalue weighted by atomic mass is 10.0. The second-order valence-corrected chi connectivity index (χ2v) is 5.09. The number of halogens is 1. The highest BCUT2D eigenvalue weighted by Gasteiger charge is 2.27. The van der Waals surface area contributed by atoms with Gasteiger partial charge in [0.2, 0.25) is 0 Å². The first-order valence-corrected chi connectivity index (χ1v) is 6.69. The summed E-state index contributed by atoms with van der Waals surface area (Å²) < 4.78 is 2.27. The van der Waals surface area contributed by atoms with Crippen LogP contribution in [0.25, 0.3) is 5.69 Å². The molecule has 100 valence electrons. The van der Waals surface area contributed by atoms with Gasteiger partial charge in [-0.15, -0.1) is 22.6 Å². The van der Waals surface area contributed by atoms with E-state index in [9.17, 15) is 0 Å². The summed E-state index contributed by atoms with van der Waals surface area (Å²) in [5.41, 5.74) is 2.68. The number of hydrogen-bond acceptors (Lipinski definition) is 3.